The topological polar surface area (TPSA) is 61.5 Å². The number of para-hydroxylation sites is 2. The summed E-state index contributed by atoms with van der Waals surface area (Å²) in [5, 5.41) is 7.77. The van der Waals surface area contributed by atoms with Crippen molar-refractivity contribution >= 4 is 23.2 Å². The summed E-state index contributed by atoms with van der Waals surface area (Å²) in [4.78, 5) is 17.0. The third kappa shape index (κ3) is 3.68. The van der Waals surface area contributed by atoms with E-state index >= 15 is 0 Å². The molecule has 4 rings (SSSR count). The van der Waals surface area contributed by atoms with Crippen LogP contribution in [0.3, 0.4) is 0 Å². The lowest BCUT2D eigenvalue weighted by atomic mass is 10.1. The predicted octanol–water partition coefficient (Wildman–Crippen LogP) is 3.70. The Labute approximate surface area is 168 Å². The molecule has 28 heavy (non-hydrogen) atoms. The fourth-order valence-electron chi connectivity index (χ4n) is 3.44. The van der Waals surface area contributed by atoms with Crippen LogP contribution in [0, 0.1) is 0 Å². The van der Waals surface area contributed by atoms with Crippen molar-refractivity contribution in [1.82, 2.24) is 15.1 Å². The van der Waals surface area contributed by atoms with Gasteiger partial charge >= 0.3 is 0 Å². The summed E-state index contributed by atoms with van der Waals surface area (Å²) >= 11 is 6.04. The van der Waals surface area contributed by atoms with E-state index in [0.29, 0.717) is 29.5 Å². The van der Waals surface area contributed by atoms with Crippen molar-refractivity contribution in [2.75, 3.05) is 38.2 Å². The van der Waals surface area contributed by atoms with Crippen molar-refractivity contribution in [3.05, 3.63) is 65.3 Å². The van der Waals surface area contributed by atoms with Crippen molar-refractivity contribution in [2.24, 2.45) is 0 Å². The Morgan fingerprint density at radius 2 is 1.86 bits per heavy atom. The molecule has 1 saturated heterocycles. The number of H-pyrrole nitrogens is 1. The van der Waals surface area contributed by atoms with Crippen LogP contribution in [-0.4, -0.2) is 54.3 Å². The number of hydrogen-bond donors (Lipinski definition) is 1. The highest BCUT2D eigenvalue weighted by Gasteiger charge is 2.25. The molecule has 1 N–H and O–H groups in total. The molecular formula is C21H21ClN4O2. The Morgan fingerprint density at radius 1 is 1.07 bits per heavy atom. The second-order valence-electron chi connectivity index (χ2n) is 6.63. The van der Waals surface area contributed by atoms with Crippen molar-refractivity contribution < 1.29 is 9.53 Å². The zero-order valence-corrected chi connectivity index (χ0v) is 16.3. The molecule has 0 saturated carbocycles. The van der Waals surface area contributed by atoms with E-state index in [1.807, 2.05) is 53.4 Å². The molecule has 0 bridgehead atoms. The number of methoxy groups -OCH3 is 1. The van der Waals surface area contributed by atoms with Crippen molar-refractivity contribution in [1.29, 1.82) is 0 Å². The van der Waals surface area contributed by atoms with Crippen LogP contribution in [0.5, 0.6) is 5.75 Å². The number of carbonyl (C=O) groups is 1. The van der Waals surface area contributed by atoms with E-state index in [1.165, 1.54) is 0 Å². The first kappa shape index (κ1) is 18.4. The van der Waals surface area contributed by atoms with Gasteiger partial charge in [0.2, 0.25) is 0 Å². The van der Waals surface area contributed by atoms with Gasteiger partial charge in [-0.1, -0.05) is 35.9 Å². The molecule has 1 aromatic heterocycles. The van der Waals surface area contributed by atoms with Crippen molar-refractivity contribution in [3.8, 4) is 17.0 Å². The fourth-order valence-corrected chi connectivity index (χ4v) is 3.63. The highest BCUT2D eigenvalue weighted by Crippen LogP contribution is 2.28. The number of ether oxygens (including phenoxy) is 1. The molecule has 2 aromatic carbocycles. The Bertz CT molecular complexity index is 980. The lowest BCUT2D eigenvalue weighted by Gasteiger charge is -2.36. The van der Waals surface area contributed by atoms with Crippen LogP contribution in [0.15, 0.2) is 54.6 Å². The molecule has 3 aromatic rings. The van der Waals surface area contributed by atoms with Crippen LogP contribution in [0.1, 0.15) is 10.5 Å². The van der Waals surface area contributed by atoms with E-state index in [4.69, 9.17) is 16.3 Å². The molecule has 6 nitrogen and oxygen atoms in total. The first-order valence-corrected chi connectivity index (χ1v) is 9.52. The maximum absolute atomic E-state index is 12.9. The number of nitrogens with one attached hydrogen (secondary N) is 1. The molecule has 144 valence electrons. The molecule has 1 amide bonds. The average Bonchev–Trinajstić information content (AvgIpc) is 3.24. The maximum Gasteiger partial charge on any atom is 0.272 e. The largest absolute Gasteiger partial charge is 0.495 e. The van der Waals surface area contributed by atoms with Gasteiger partial charge in [-0.05, 0) is 30.3 Å². The molecule has 7 heteroatoms. The van der Waals surface area contributed by atoms with Gasteiger partial charge in [-0.2, -0.15) is 5.10 Å². The molecule has 2 heterocycles. The van der Waals surface area contributed by atoms with Crippen LogP contribution < -0.4 is 9.64 Å². The van der Waals surface area contributed by atoms with Gasteiger partial charge < -0.3 is 14.5 Å². The summed E-state index contributed by atoms with van der Waals surface area (Å²) in [5.74, 6) is 0.808. The Morgan fingerprint density at radius 3 is 2.61 bits per heavy atom. The molecule has 0 radical (unpaired) electrons. The number of benzene rings is 2. The van der Waals surface area contributed by atoms with Crippen LogP contribution in [0.2, 0.25) is 5.02 Å². The summed E-state index contributed by atoms with van der Waals surface area (Å²) in [6.07, 6.45) is 0. The normalized spacial score (nSPS) is 14.2. The summed E-state index contributed by atoms with van der Waals surface area (Å²) in [6.45, 7) is 2.79. The number of amides is 1. The number of halogens is 1. The number of aromatic amines is 1. The number of hydrogen-bond acceptors (Lipinski definition) is 4. The first-order chi connectivity index (χ1) is 13.7. The highest BCUT2D eigenvalue weighted by atomic mass is 35.5. The van der Waals surface area contributed by atoms with Gasteiger partial charge in [0, 0.05) is 36.8 Å². The number of rotatable bonds is 4. The van der Waals surface area contributed by atoms with Gasteiger partial charge in [0.1, 0.15) is 11.4 Å². The SMILES string of the molecule is COc1ccccc1N1CCN(C(=O)c2cc(-c3cccc(Cl)c3)n[nH]2)CC1. The molecule has 0 aliphatic carbocycles. The maximum atomic E-state index is 12.9. The van der Waals surface area contributed by atoms with E-state index in [1.54, 1.807) is 13.2 Å². The summed E-state index contributed by atoms with van der Waals surface area (Å²) < 4.78 is 5.45. The van der Waals surface area contributed by atoms with E-state index in [9.17, 15) is 4.79 Å². The molecular weight excluding hydrogens is 376 g/mol. The van der Waals surface area contributed by atoms with Gasteiger partial charge in [-0.15, -0.1) is 0 Å². The van der Waals surface area contributed by atoms with Crippen LogP contribution in [0.4, 0.5) is 5.69 Å². The fraction of sp³-hybridized carbons (Fsp3) is 0.238. The van der Waals surface area contributed by atoms with Gasteiger partial charge in [-0.25, -0.2) is 0 Å². The zero-order chi connectivity index (χ0) is 19.5. The Balaban J connectivity index is 1.43. The third-order valence-electron chi connectivity index (χ3n) is 4.92. The lowest BCUT2D eigenvalue weighted by molar-refractivity contribution is 0.0740. The minimum atomic E-state index is -0.0412. The minimum Gasteiger partial charge on any atom is -0.495 e. The number of carbonyl (C=O) groups excluding carboxylic acids is 1. The molecule has 1 aliphatic rings. The van der Waals surface area contributed by atoms with E-state index in [-0.39, 0.29) is 5.91 Å². The van der Waals surface area contributed by atoms with E-state index < -0.39 is 0 Å². The molecule has 0 unspecified atom stereocenters. The quantitative estimate of drug-likeness (QED) is 0.730. The predicted molar refractivity (Wildman–Crippen MR) is 110 cm³/mol. The van der Waals surface area contributed by atoms with Crippen LogP contribution in [-0.2, 0) is 0 Å². The standard InChI is InChI=1S/C21H21ClN4O2/c1-28-20-8-3-2-7-19(20)25-9-11-26(12-10-25)21(27)18-14-17(23-24-18)15-5-4-6-16(22)13-15/h2-8,13-14H,9-12H2,1H3,(H,23,24). The van der Waals surface area contributed by atoms with Crippen molar-refractivity contribution in [3.63, 3.8) is 0 Å². The molecule has 1 fully saturated rings. The van der Waals surface area contributed by atoms with Gasteiger partial charge in [0.15, 0.2) is 0 Å². The van der Waals surface area contributed by atoms with Gasteiger partial charge in [-0.3, -0.25) is 9.89 Å². The van der Waals surface area contributed by atoms with Crippen LogP contribution >= 0.6 is 11.6 Å². The highest BCUT2D eigenvalue weighted by molar-refractivity contribution is 6.30. The summed E-state index contributed by atoms with van der Waals surface area (Å²) in [6, 6.07) is 17.2. The monoisotopic (exact) mass is 396 g/mol. The number of anilines is 1. The van der Waals surface area contributed by atoms with Crippen molar-refractivity contribution in [2.45, 2.75) is 0 Å². The minimum absolute atomic E-state index is 0.0412. The molecule has 0 spiro atoms. The van der Waals surface area contributed by atoms with Crippen LogP contribution in [0.25, 0.3) is 11.3 Å². The second-order valence-corrected chi connectivity index (χ2v) is 7.06. The zero-order valence-electron chi connectivity index (χ0n) is 15.6. The lowest BCUT2D eigenvalue weighted by Crippen LogP contribution is -2.49. The average molecular weight is 397 g/mol. The smallest absolute Gasteiger partial charge is 0.272 e. The number of aromatic nitrogens is 2. The Kier molecular flexibility index (Phi) is 5.21. The second kappa shape index (κ2) is 7.94. The summed E-state index contributed by atoms with van der Waals surface area (Å²) in [7, 11) is 1.67. The molecule has 0 atom stereocenters. The van der Waals surface area contributed by atoms with E-state index in [2.05, 4.69) is 15.1 Å². The van der Waals surface area contributed by atoms with E-state index in [0.717, 1.165) is 30.1 Å². The number of piperazine rings is 1. The molecule has 1 aliphatic heterocycles. The summed E-state index contributed by atoms with van der Waals surface area (Å²) in [5.41, 5.74) is 3.13. The number of nitrogens with zero attached hydrogens (tertiary/aromatic N) is 3. The first-order valence-electron chi connectivity index (χ1n) is 9.14. The third-order valence-corrected chi connectivity index (χ3v) is 5.16. The van der Waals surface area contributed by atoms with Gasteiger partial charge in [0.05, 0.1) is 18.5 Å². The van der Waals surface area contributed by atoms with Gasteiger partial charge in [0.25, 0.3) is 5.91 Å². The Hall–Kier alpha value is -2.99.